The first-order chi connectivity index (χ1) is 7.79. The van der Waals surface area contributed by atoms with Crippen LogP contribution in [0.1, 0.15) is 46.0 Å². The zero-order valence-electron chi connectivity index (χ0n) is 11.0. The van der Waals surface area contributed by atoms with Gasteiger partial charge in [-0.1, -0.05) is 13.0 Å². The minimum absolute atomic E-state index is 0.717. The minimum Gasteiger partial charge on any atom is -0.317 e. The first-order valence-corrected chi connectivity index (χ1v) is 6.87. The lowest BCUT2D eigenvalue weighted by Crippen LogP contribution is -2.35. The molecule has 1 atom stereocenters. The van der Waals surface area contributed by atoms with E-state index in [1.165, 1.54) is 38.6 Å². The molecule has 16 heavy (non-hydrogen) atoms. The average molecular weight is 224 g/mol. The maximum Gasteiger partial charge on any atom is 0.0166 e. The second kappa shape index (κ2) is 7.86. The largest absolute Gasteiger partial charge is 0.317 e. The van der Waals surface area contributed by atoms with Crippen molar-refractivity contribution in [3.05, 3.63) is 12.7 Å². The highest BCUT2D eigenvalue weighted by Crippen LogP contribution is 2.29. The summed E-state index contributed by atoms with van der Waals surface area (Å²) in [6.45, 7) is 11.8. The predicted molar refractivity (Wildman–Crippen MR) is 71.8 cm³/mol. The van der Waals surface area contributed by atoms with Crippen molar-refractivity contribution in [3.8, 4) is 0 Å². The number of nitrogens with zero attached hydrogens (tertiary/aromatic N) is 1. The molecule has 0 aromatic heterocycles. The van der Waals surface area contributed by atoms with Gasteiger partial charge in [-0.25, -0.2) is 0 Å². The van der Waals surface area contributed by atoms with Crippen molar-refractivity contribution in [2.45, 2.75) is 58.0 Å². The molecule has 1 N–H and O–H groups in total. The maximum absolute atomic E-state index is 3.86. The number of nitrogens with one attached hydrogen (secondary N) is 1. The fourth-order valence-corrected chi connectivity index (χ4v) is 2.23. The molecule has 1 saturated carbocycles. The van der Waals surface area contributed by atoms with Crippen LogP contribution >= 0.6 is 0 Å². The molecule has 1 rings (SSSR count). The van der Waals surface area contributed by atoms with Crippen LogP contribution in [-0.2, 0) is 0 Å². The van der Waals surface area contributed by atoms with Crippen LogP contribution in [0, 0.1) is 0 Å². The second-order valence-corrected chi connectivity index (χ2v) is 4.96. The second-order valence-electron chi connectivity index (χ2n) is 4.96. The average Bonchev–Trinajstić information content (AvgIpc) is 3.09. The summed E-state index contributed by atoms with van der Waals surface area (Å²) in [6.07, 6.45) is 8.67. The lowest BCUT2D eigenvalue weighted by atomic mass is 10.1. The van der Waals surface area contributed by atoms with Crippen LogP contribution in [0.3, 0.4) is 0 Å². The Morgan fingerprint density at radius 2 is 2.19 bits per heavy atom. The van der Waals surface area contributed by atoms with Gasteiger partial charge in [0.2, 0.25) is 0 Å². The normalized spacial score (nSPS) is 17.7. The quantitative estimate of drug-likeness (QED) is 0.453. The lowest BCUT2D eigenvalue weighted by molar-refractivity contribution is 0.208. The molecule has 1 fully saturated rings. The summed E-state index contributed by atoms with van der Waals surface area (Å²) in [7, 11) is 0. The van der Waals surface area contributed by atoms with Gasteiger partial charge in [0.1, 0.15) is 0 Å². The van der Waals surface area contributed by atoms with E-state index in [1.54, 1.807) is 0 Å². The molecule has 0 aromatic carbocycles. The molecule has 1 unspecified atom stereocenters. The topological polar surface area (TPSA) is 15.3 Å². The van der Waals surface area contributed by atoms with Crippen molar-refractivity contribution >= 4 is 0 Å². The van der Waals surface area contributed by atoms with E-state index < -0.39 is 0 Å². The van der Waals surface area contributed by atoms with Gasteiger partial charge in [0.15, 0.2) is 0 Å². The van der Waals surface area contributed by atoms with Gasteiger partial charge in [-0.05, 0) is 52.1 Å². The first-order valence-electron chi connectivity index (χ1n) is 6.87. The highest BCUT2D eigenvalue weighted by molar-refractivity contribution is 4.90. The smallest absolute Gasteiger partial charge is 0.0166 e. The van der Waals surface area contributed by atoms with E-state index in [0.717, 1.165) is 19.1 Å². The molecule has 0 heterocycles. The van der Waals surface area contributed by atoms with Crippen LogP contribution in [0.25, 0.3) is 0 Å². The monoisotopic (exact) mass is 224 g/mol. The Bertz CT molecular complexity index is 187. The summed E-state index contributed by atoms with van der Waals surface area (Å²) in [5.41, 5.74) is 0. The van der Waals surface area contributed by atoms with Gasteiger partial charge in [0, 0.05) is 18.6 Å². The number of rotatable bonds is 10. The van der Waals surface area contributed by atoms with Crippen LogP contribution in [0.15, 0.2) is 12.7 Å². The Morgan fingerprint density at radius 1 is 1.44 bits per heavy atom. The zero-order valence-corrected chi connectivity index (χ0v) is 11.0. The number of hydrogen-bond acceptors (Lipinski definition) is 2. The van der Waals surface area contributed by atoms with Gasteiger partial charge in [-0.3, -0.25) is 4.90 Å². The third-order valence-electron chi connectivity index (χ3n) is 3.32. The minimum atomic E-state index is 0.717. The van der Waals surface area contributed by atoms with Crippen molar-refractivity contribution in [1.82, 2.24) is 10.2 Å². The molecule has 0 saturated heterocycles. The van der Waals surface area contributed by atoms with Gasteiger partial charge < -0.3 is 5.32 Å². The zero-order chi connectivity index (χ0) is 11.8. The summed E-state index contributed by atoms with van der Waals surface area (Å²) in [5.74, 6) is 0. The summed E-state index contributed by atoms with van der Waals surface area (Å²) < 4.78 is 0. The van der Waals surface area contributed by atoms with Gasteiger partial charge >= 0.3 is 0 Å². The Kier molecular flexibility index (Phi) is 6.74. The Morgan fingerprint density at radius 3 is 2.75 bits per heavy atom. The SMILES string of the molecule is C=CCN(C(C)CCCNCCC)C1CC1. The third-order valence-corrected chi connectivity index (χ3v) is 3.32. The molecule has 1 aliphatic carbocycles. The fourth-order valence-electron chi connectivity index (χ4n) is 2.23. The predicted octanol–water partition coefficient (Wildman–Crippen LogP) is 2.81. The maximum atomic E-state index is 3.86. The highest BCUT2D eigenvalue weighted by Gasteiger charge is 2.30. The van der Waals surface area contributed by atoms with Crippen LogP contribution < -0.4 is 5.32 Å². The van der Waals surface area contributed by atoms with Gasteiger partial charge in [-0.2, -0.15) is 0 Å². The fraction of sp³-hybridized carbons (Fsp3) is 0.857. The van der Waals surface area contributed by atoms with Crippen molar-refractivity contribution in [2.24, 2.45) is 0 Å². The molecule has 0 spiro atoms. The first kappa shape index (κ1) is 13.7. The highest BCUT2D eigenvalue weighted by atomic mass is 15.2. The Labute approximate surface area is 101 Å². The molecular formula is C14H28N2. The van der Waals surface area contributed by atoms with E-state index >= 15 is 0 Å². The lowest BCUT2D eigenvalue weighted by Gasteiger charge is -2.28. The van der Waals surface area contributed by atoms with Crippen LogP contribution in [0.4, 0.5) is 0 Å². The van der Waals surface area contributed by atoms with Gasteiger partial charge in [0.25, 0.3) is 0 Å². The van der Waals surface area contributed by atoms with Crippen LogP contribution in [-0.4, -0.2) is 36.6 Å². The molecule has 2 heteroatoms. The summed E-state index contributed by atoms with van der Waals surface area (Å²) in [4.78, 5) is 2.62. The van der Waals surface area contributed by atoms with Gasteiger partial charge in [-0.15, -0.1) is 6.58 Å². The molecular weight excluding hydrogens is 196 g/mol. The van der Waals surface area contributed by atoms with E-state index in [2.05, 4.69) is 30.6 Å². The van der Waals surface area contributed by atoms with E-state index in [0.29, 0.717) is 6.04 Å². The molecule has 0 amide bonds. The molecule has 0 radical (unpaired) electrons. The van der Waals surface area contributed by atoms with Crippen molar-refractivity contribution in [3.63, 3.8) is 0 Å². The summed E-state index contributed by atoms with van der Waals surface area (Å²) >= 11 is 0. The Balaban J connectivity index is 2.10. The summed E-state index contributed by atoms with van der Waals surface area (Å²) in [6, 6.07) is 1.57. The molecule has 94 valence electrons. The van der Waals surface area contributed by atoms with E-state index in [9.17, 15) is 0 Å². The molecule has 0 aromatic rings. The van der Waals surface area contributed by atoms with Gasteiger partial charge in [0.05, 0.1) is 0 Å². The van der Waals surface area contributed by atoms with E-state index in [1.807, 2.05) is 6.08 Å². The summed E-state index contributed by atoms with van der Waals surface area (Å²) in [5, 5.41) is 3.47. The molecule has 2 nitrogen and oxygen atoms in total. The molecule has 1 aliphatic rings. The van der Waals surface area contributed by atoms with Crippen LogP contribution in [0.5, 0.6) is 0 Å². The molecule has 0 bridgehead atoms. The number of hydrogen-bond donors (Lipinski definition) is 1. The van der Waals surface area contributed by atoms with Crippen molar-refractivity contribution in [2.75, 3.05) is 19.6 Å². The third kappa shape index (κ3) is 5.13. The van der Waals surface area contributed by atoms with Crippen LogP contribution in [0.2, 0.25) is 0 Å². The van der Waals surface area contributed by atoms with Crippen molar-refractivity contribution < 1.29 is 0 Å². The van der Waals surface area contributed by atoms with Crippen molar-refractivity contribution in [1.29, 1.82) is 0 Å². The Hall–Kier alpha value is -0.340. The van der Waals surface area contributed by atoms with E-state index in [-0.39, 0.29) is 0 Å². The standard InChI is InChI=1S/C14H28N2/c1-4-10-15-11-6-7-13(3)16(12-5-2)14-8-9-14/h5,13-15H,2,4,6-12H2,1,3H3. The van der Waals surface area contributed by atoms with E-state index in [4.69, 9.17) is 0 Å². The molecule has 0 aliphatic heterocycles.